The van der Waals surface area contributed by atoms with Crippen molar-refractivity contribution < 1.29 is 22.7 Å². The summed E-state index contributed by atoms with van der Waals surface area (Å²) in [6, 6.07) is 7.84. The van der Waals surface area contributed by atoms with E-state index in [2.05, 4.69) is 5.32 Å². The quantitative estimate of drug-likeness (QED) is 0.689. The molecule has 0 aliphatic carbocycles. The number of thiophene rings is 1. The first kappa shape index (κ1) is 20.1. The summed E-state index contributed by atoms with van der Waals surface area (Å²) in [6.45, 7) is 3.71. The van der Waals surface area contributed by atoms with Gasteiger partial charge in [0.15, 0.2) is 6.61 Å². The Kier molecular flexibility index (Phi) is 6.52. The summed E-state index contributed by atoms with van der Waals surface area (Å²) in [4.78, 5) is 25.6. The molecule has 9 heteroatoms. The van der Waals surface area contributed by atoms with E-state index in [1.165, 1.54) is 23.5 Å². The Morgan fingerprint density at radius 3 is 2.38 bits per heavy atom. The van der Waals surface area contributed by atoms with Crippen molar-refractivity contribution >= 4 is 33.2 Å². The molecule has 2 rings (SSSR count). The van der Waals surface area contributed by atoms with Gasteiger partial charge >= 0.3 is 5.97 Å². The second kappa shape index (κ2) is 8.43. The summed E-state index contributed by atoms with van der Waals surface area (Å²) < 4.78 is 27.4. The van der Waals surface area contributed by atoms with E-state index in [0.717, 1.165) is 15.3 Å². The highest BCUT2D eigenvalue weighted by atomic mass is 32.2. The maximum absolute atomic E-state index is 11.9. The highest BCUT2D eigenvalue weighted by molar-refractivity contribution is 7.89. The molecule has 0 bridgehead atoms. The number of carbonyl (C=O) groups excluding carboxylic acids is 2. The second-order valence-corrected chi connectivity index (χ2v) is 8.71. The van der Waals surface area contributed by atoms with Gasteiger partial charge in [-0.3, -0.25) is 4.79 Å². The van der Waals surface area contributed by atoms with Crippen LogP contribution in [0.1, 0.15) is 25.7 Å². The van der Waals surface area contributed by atoms with E-state index in [1.807, 2.05) is 13.8 Å². The number of hydrogen-bond acceptors (Lipinski definition) is 6. The zero-order valence-corrected chi connectivity index (χ0v) is 16.1. The normalized spacial score (nSPS) is 11.2. The molecule has 140 valence electrons. The van der Waals surface area contributed by atoms with Crippen molar-refractivity contribution in [3.63, 3.8) is 0 Å². The van der Waals surface area contributed by atoms with Crippen molar-refractivity contribution in [2.45, 2.75) is 25.2 Å². The van der Waals surface area contributed by atoms with Gasteiger partial charge in [-0.05, 0) is 44.0 Å². The number of rotatable bonds is 7. The summed E-state index contributed by atoms with van der Waals surface area (Å²) in [6.07, 6.45) is 0.507. The Morgan fingerprint density at radius 1 is 1.19 bits per heavy atom. The van der Waals surface area contributed by atoms with Crippen LogP contribution in [-0.2, 0) is 26.0 Å². The van der Waals surface area contributed by atoms with E-state index in [-0.39, 0.29) is 11.5 Å². The van der Waals surface area contributed by atoms with Crippen LogP contribution in [0.15, 0.2) is 35.2 Å². The first-order valence-corrected chi connectivity index (χ1v) is 10.2. The van der Waals surface area contributed by atoms with Crippen LogP contribution >= 0.6 is 11.3 Å². The highest BCUT2D eigenvalue weighted by Crippen LogP contribution is 2.21. The highest BCUT2D eigenvalue weighted by Gasteiger charge is 2.15. The van der Waals surface area contributed by atoms with Crippen LogP contribution in [0.25, 0.3) is 0 Å². The van der Waals surface area contributed by atoms with Crippen molar-refractivity contribution in [3.05, 3.63) is 51.2 Å². The van der Waals surface area contributed by atoms with Crippen molar-refractivity contribution in [2.24, 2.45) is 5.14 Å². The molecule has 2 aromatic rings. The molecule has 0 atom stereocenters. The number of amides is 1. The first-order valence-electron chi connectivity index (χ1n) is 7.79. The van der Waals surface area contributed by atoms with Gasteiger partial charge in [0.2, 0.25) is 10.0 Å². The average Bonchev–Trinajstić information content (AvgIpc) is 2.91. The number of ether oxygens (including phenoxy) is 1. The molecule has 0 unspecified atom stereocenters. The molecule has 0 fully saturated rings. The van der Waals surface area contributed by atoms with Gasteiger partial charge in [-0.1, -0.05) is 12.1 Å². The fourth-order valence-electron chi connectivity index (χ4n) is 2.29. The summed E-state index contributed by atoms with van der Waals surface area (Å²) in [5.41, 5.74) is 1.33. The lowest BCUT2D eigenvalue weighted by Crippen LogP contribution is -2.30. The number of hydrogen-bond donors (Lipinski definition) is 2. The minimum atomic E-state index is -3.71. The lowest BCUT2D eigenvalue weighted by atomic mass is 10.1. The molecule has 26 heavy (non-hydrogen) atoms. The Labute approximate surface area is 156 Å². The molecular formula is C17H20N2O5S2. The fraction of sp³-hybridized carbons (Fsp3) is 0.294. The SMILES string of the molecule is Cc1cc(C(=O)OCC(=O)NCCc2ccc(S(N)(=O)=O)cc2)c(C)s1. The van der Waals surface area contributed by atoms with E-state index in [1.54, 1.807) is 18.2 Å². The molecule has 0 radical (unpaired) electrons. The van der Waals surface area contributed by atoms with Crippen LogP contribution in [0.4, 0.5) is 0 Å². The van der Waals surface area contributed by atoms with Gasteiger partial charge < -0.3 is 10.1 Å². The average molecular weight is 396 g/mol. The molecule has 0 saturated heterocycles. The molecular weight excluding hydrogens is 376 g/mol. The smallest absolute Gasteiger partial charge is 0.339 e. The molecule has 1 aromatic heterocycles. The minimum absolute atomic E-state index is 0.0381. The molecule has 1 amide bonds. The third-order valence-corrected chi connectivity index (χ3v) is 5.48. The van der Waals surface area contributed by atoms with Gasteiger partial charge in [0, 0.05) is 16.3 Å². The summed E-state index contributed by atoms with van der Waals surface area (Å²) in [5.74, 6) is -0.912. The standard InChI is InChI=1S/C17H20N2O5S2/c1-11-9-15(12(2)25-11)17(21)24-10-16(20)19-8-7-13-3-5-14(6-4-13)26(18,22)23/h3-6,9H,7-8,10H2,1-2H3,(H,19,20)(H2,18,22,23). The first-order chi connectivity index (χ1) is 12.2. The van der Waals surface area contributed by atoms with Gasteiger partial charge in [-0.25, -0.2) is 18.4 Å². The largest absolute Gasteiger partial charge is 0.452 e. The number of benzene rings is 1. The van der Waals surface area contributed by atoms with E-state index in [0.29, 0.717) is 18.5 Å². The predicted octanol–water partition coefficient (Wildman–Crippen LogP) is 1.53. The number of esters is 1. The van der Waals surface area contributed by atoms with Crippen LogP contribution in [0, 0.1) is 13.8 Å². The monoisotopic (exact) mass is 396 g/mol. The number of nitrogens with one attached hydrogen (secondary N) is 1. The van der Waals surface area contributed by atoms with Gasteiger partial charge in [0.05, 0.1) is 10.5 Å². The topological polar surface area (TPSA) is 116 Å². The molecule has 0 saturated carbocycles. The van der Waals surface area contributed by atoms with E-state index in [9.17, 15) is 18.0 Å². The lowest BCUT2D eigenvalue weighted by Gasteiger charge is -2.07. The van der Waals surface area contributed by atoms with Crippen LogP contribution < -0.4 is 10.5 Å². The summed E-state index contributed by atoms with van der Waals surface area (Å²) in [7, 11) is -3.71. The summed E-state index contributed by atoms with van der Waals surface area (Å²) in [5, 5.41) is 7.68. The molecule has 3 N–H and O–H groups in total. The van der Waals surface area contributed by atoms with Crippen molar-refractivity contribution in [1.82, 2.24) is 5.32 Å². The van der Waals surface area contributed by atoms with Crippen LogP contribution in [0.3, 0.4) is 0 Å². The predicted molar refractivity (Wildman–Crippen MR) is 98.6 cm³/mol. The maximum atomic E-state index is 11.9. The number of nitrogens with two attached hydrogens (primary N) is 1. The third kappa shape index (κ3) is 5.65. The zero-order chi connectivity index (χ0) is 19.3. The van der Waals surface area contributed by atoms with Crippen molar-refractivity contribution in [3.8, 4) is 0 Å². The van der Waals surface area contributed by atoms with Crippen LogP contribution in [0.2, 0.25) is 0 Å². The lowest BCUT2D eigenvalue weighted by molar-refractivity contribution is -0.124. The Balaban J connectivity index is 1.75. The third-order valence-electron chi connectivity index (χ3n) is 3.58. The number of aryl methyl sites for hydroxylation is 2. The Bertz CT molecular complexity index is 902. The number of sulfonamides is 1. The Morgan fingerprint density at radius 2 is 1.85 bits per heavy atom. The molecule has 1 aromatic carbocycles. The fourth-order valence-corrected chi connectivity index (χ4v) is 3.71. The number of carbonyl (C=O) groups is 2. The maximum Gasteiger partial charge on any atom is 0.339 e. The molecule has 7 nitrogen and oxygen atoms in total. The Hall–Kier alpha value is -2.23. The van der Waals surface area contributed by atoms with E-state index >= 15 is 0 Å². The van der Waals surface area contributed by atoms with E-state index in [4.69, 9.17) is 9.88 Å². The van der Waals surface area contributed by atoms with Gasteiger partial charge in [0.1, 0.15) is 0 Å². The van der Waals surface area contributed by atoms with Gasteiger partial charge in [-0.2, -0.15) is 0 Å². The molecule has 0 aliphatic heterocycles. The molecule has 0 spiro atoms. The molecule has 1 heterocycles. The number of primary sulfonamides is 1. The zero-order valence-electron chi connectivity index (χ0n) is 14.4. The van der Waals surface area contributed by atoms with Crippen LogP contribution in [0.5, 0.6) is 0 Å². The van der Waals surface area contributed by atoms with Crippen molar-refractivity contribution in [2.75, 3.05) is 13.2 Å². The van der Waals surface area contributed by atoms with Crippen molar-refractivity contribution in [1.29, 1.82) is 0 Å². The minimum Gasteiger partial charge on any atom is -0.452 e. The second-order valence-electron chi connectivity index (χ2n) is 5.69. The summed E-state index contributed by atoms with van der Waals surface area (Å²) >= 11 is 1.50. The van der Waals surface area contributed by atoms with Gasteiger partial charge in [-0.15, -0.1) is 11.3 Å². The van der Waals surface area contributed by atoms with Gasteiger partial charge in [0.25, 0.3) is 5.91 Å². The van der Waals surface area contributed by atoms with Crippen LogP contribution in [-0.4, -0.2) is 33.4 Å². The van der Waals surface area contributed by atoms with E-state index < -0.39 is 21.9 Å². The molecule has 0 aliphatic rings.